The van der Waals surface area contributed by atoms with Crippen LogP contribution in [0.2, 0.25) is 0 Å². The summed E-state index contributed by atoms with van der Waals surface area (Å²) in [6, 6.07) is 12.6. The number of rotatable bonds is 6. The van der Waals surface area contributed by atoms with Gasteiger partial charge in [-0.3, -0.25) is 4.31 Å². The highest BCUT2D eigenvalue weighted by Crippen LogP contribution is 2.24. The van der Waals surface area contributed by atoms with Gasteiger partial charge in [0, 0.05) is 6.61 Å². The third kappa shape index (κ3) is 3.51. The zero-order valence-electron chi connectivity index (χ0n) is 12.2. The van der Waals surface area contributed by atoms with Crippen molar-refractivity contribution >= 4 is 15.7 Å². The normalized spacial score (nSPS) is 18.5. The van der Waals surface area contributed by atoms with Crippen LogP contribution in [0.25, 0.3) is 0 Å². The van der Waals surface area contributed by atoms with E-state index in [0.717, 1.165) is 12.8 Å². The summed E-state index contributed by atoms with van der Waals surface area (Å²) in [4.78, 5) is 0. The molecule has 1 fully saturated rings. The Balaban J connectivity index is 1.86. The molecule has 0 unspecified atom stereocenters. The molecule has 118 valence electrons. The Morgan fingerprint density at radius 1 is 1.14 bits per heavy atom. The van der Waals surface area contributed by atoms with E-state index in [2.05, 4.69) is 0 Å². The van der Waals surface area contributed by atoms with Gasteiger partial charge >= 0.3 is 0 Å². The highest BCUT2D eigenvalue weighted by Gasteiger charge is 2.29. The lowest BCUT2D eigenvalue weighted by molar-refractivity contribution is 0.127. The van der Waals surface area contributed by atoms with E-state index in [-0.39, 0.29) is 18.4 Å². The van der Waals surface area contributed by atoms with Crippen molar-refractivity contribution in [3.63, 3.8) is 0 Å². The van der Waals surface area contributed by atoms with Crippen LogP contribution in [0, 0.1) is 0 Å². The van der Waals surface area contributed by atoms with Crippen LogP contribution >= 0.6 is 0 Å². The van der Waals surface area contributed by atoms with Gasteiger partial charge in [0.15, 0.2) is 0 Å². The van der Waals surface area contributed by atoms with Gasteiger partial charge in [-0.2, -0.15) is 0 Å². The minimum absolute atomic E-state index is 0.00258. The van der Waals surface area contributed by atoms with Crippen molar-refractivity contribution < 1.29 is 17.6 Å². The van der Waals surface area contributed by atoms with Gasteiger partial charge in [0.25, 0.3) is 0 Å². The molecule has 6 heteroatoms. The molecule has 1 aliphatic rings. The average Bonchev–Trinajstić information content (AvgIpc) is 3.18. The molecule has 0 amide bonds. The average molecular weight is 321 g/mol. The molecule has 1 aliphatic heterocycles. The Kier molecular flexibility index (Phi) is 4.49. The summed E-state index contributed by atoms with van der Waals surface area (Å²) in [6.45, 7) is 0.829. The maximum absolute atomic E-state index is 12.8. The molecule has 1 aromatic carbocycles. The minimum atomic E-state index is -3.49. The van der Waals surface area contributed by atoms with Crippen molar-refractivity contribution in [2.24, 2.45) is 0 Å². The molecule has 1 aromatic heterocycles. The molecule has 1 saturated heterocycles. The highest BCUT2D eigenvalue weighted by molar-refractivity contribution is 7.92. The number of para-hydroxylation sites is 1. The van der Waals surface area contributed by atoms with E-state index >= 15 is 0 Å². The Hall–Kier alpha value is -1.79. The van der Waals surface area contributed by atoms with Crippen LogP contribution in [-0.2, 0) is 21.3 Å². The fourth-order valence-electron chi connectivity index (χ4n) is 2.59. The summed E-state index contributed by atoms with van der Waals surface area (Å²) >= 11 is 0. The highest BCUT2D eigenvalue weighted by atomic mass is 32.2. The van der Waals surface area contributed by atoms with E-state index in [0.29, 0.717) is 18.1 Å². The second-order valence-electron chi connectivity index (χ2n) is 5.34. The first-order valence-corrected chi connectivity index (χ1v) is 8.95. The third-order valence-corrected chi connectivity index (χ3v) is 5.48. The van der Waals surface area contributed by atoms with Gasteiger partial charge in [-0.15, -0.1) is 0 Å². The van der Waals surface area contributed by atoms with Crippen molar-refractivity contribution in [2.45, 2.75) is 25.5 Å². The standard InChI is InChI=1S/C16H19NO4S/c18-22(19,13-16-9-5-11-21-16)17(12-15-8-4-10-20-15)14-6-2-1-3-7-14/h1-4,6-8,10,16H,5,9,11-13H2/t16-/m0/s1. The SMILES string of the molecule is O=S(=O)(C[C@@H]1CCCO1)N(Cc1ccco1)c1ccccc1. The quantitative estimate of drug-likeness (QED) is 0.821. The van der Waals surface area contributed by atoms with E-state index in [1.807, 2.05) is 18.2 Å². The van der Waals surface area contributed by atoms with Gasteiger partial charge in [-0.25, -0.2) is 8.42 Å². The van der Waals surface area contributed by atoms with Crippen LogP contribution in [0.1, 0.15) is 18.6 Å². The van der Waals surface area contributed by atoms with E-state index in [4.69, 9.17) is 9.15 Å². The van der Waals surface area contributed by atoms with Crippen molar-refractivity contribution in [2.75, 3.05) is 16.7 Å². The summed E-state index contributed by atoms with van der Waals surface area (Å²) in [5, 5.41) is 0. The molecule has 0 saturated carbocycles. The molecule has 5 nitrogen and oxygen atoms in total. The van der Waals surface area contributed by atoms with Crippen LogP contribution in [0.4, 0.5) is 5.69 Å². The van der Waals surface area contributed by atoms with Gasteiger partial charge in [0.2, 0.25) is 10.0 Å². The van der Waals surface area contributed by atoms with Crippen molar-refractivity contribution in [1.29, 1.82) is 0 Å². The summed E-state index contributed by atoms with van der Waals surface area (Å²) in [5.74, 6) is 0.613. The van der Waals surface area contributed by atoms with E-state index in [1.165, 1.54) is 4.31 Å². The van der Waals surface area contributed by atoms with E-state index in [1.54, 1.807) is 30.5 Å². The lowest BCUT2D eigenvalue weighted by Crippen LogP contribution is -2.36. The zero-order valence-corrected chi connectivity index (χ0v) is 13.0. The van der Waals surface area contributed by atoms with Crippen LogP contribution in [-0.4, -0.2) is 26.9 Å². The monoisotopic (exact) mass is 321 g/mol. The molecule has 1 atom stereocenters. The molecular weight excluding hydrogens is 302 g/mol. The molecule has 0 radical (unpaired) electrons. The number of benzene rings is 1. The molecule has 2 aromatic rings. The van der Waals surface area contributed by atoms with Gasteiger partial charge in [0.05, 0.1) is 30.4 Å². The number of hydrogen-bond acceptors (Lipinski definition) is 4. The molecular formula is C16H19NO4S. The fraction of sp³-hybridized carbons (Fsp3) is 0.375. The van der Waals surface area contributed by atoms with Crippen LogP contribution in [0.15, 0.2) is 53.1 Å². The first-order chi connectivity index (χ1) is 10.6. The smallest absolute Gasteiger partial charge is 0.238 e. The van der Waals surface area contributed by atoms with E-state index in [9.17, 15) is 8.42 Å². The lowest BCUT2D eigenvalue weighted by Gasteiger charge is -2.25. The number of furan rings is 1. The summed E-state index contributed by atoms with van der Waals surface area (Å²) in [6.07, 6.45) is 3.05. The predicted molar refractivity (Wildman–Crippen MR) is 84.1 cm³/mol. The first-order valence-electron chi connectivity index (χ1n) is 7.34. The number of hydrogen-bond donors (Lipinski definition) is 0. The Morgan fingerprint density at radius 3 is 2.59 bits per heavy atom. The van der Waals surface area contributed by atoms with E-state index < -0.39 is 10.0 Å². The maximum atomic E-state index is 12.8. The maximum Gasteiger partial charge on any atom is 0.238 e. The number of nitrogens with zero attached hydrogens (tertiary/aromatic N) is 1. The Bertz CT molecular complexity index is 676. The molecule has 0 aliphatic carbocycles. The van der Waals surface area contributed by atoms with Crippen LogP contribution in [0.3, 0.4) is 0 Å². The Labute approximate surface area is 130 Å². The zero-order chi connectivity index (χ0) is 15.4. The first kappa shape index (κ1) is 15.1. The third-order valence-electron chi connectivity index (χ3n) is 3.68. The molecule has 0 spiro atoms. The second-order valence-corrected chi connectivity index (χ2v) is 7.27. The van der Waals surface area contributed by atoms with Gasteiger partial charge < -0.3 is 9.15 Å². The van der Waals surface area contributed by atoms with Gasteiger partial charge in [-0.1, -0.05) is 18.2 Å². The molecule has 3 rings (SSSR count). The number of ether oxygens (including phenoxy) is 1. The fourth-order valence-corrected chi connectivity index (χ4v) is 4.27. The topological polar surface area (TPSA) is 59.8 Å². The van der Waals surface area contributed by atoms with Crippen LogP contribution in [0.5, 0.6) is 0 Å². The van der Waals surface area contributed by atoms with Gasteiger partial charge in [0.1, 0.15) is 5.76 Å². The second kappa shape index (κ2) is 6.54. The molecule has 0 N–H and O–H groups in total. The molecule has 0 bridgehead atoms. The summed E-state index contributed by atoms with van der Waals surface area (Å²) in [7, 11) is -3.49. The Morgan fingerprint density at radius 2 is 1.95 bits per heavy atom. The van der Waals surface area contributed by atoms with Crippen LogP contribution < -0.4 is 4.31 Å². The van der Waals surface area contributed by atoms with Gasteiger partial charge in [-0.05, 0) is 37.1 Å². The number of anilines is 1. The number of sulfonamides is 1. The van der Waals surface area contributed by atoms with Crippen molar-refractivity contribution in [3.05, 3.63) is 54.5 Å². The summed E-state index contributed by atoms with van der Waals surface area (Å²) in [5.41, 5.74) is 0.636. The molecule has 22 heavy (non-hydrogen) atoms. The van der Waals surface area contributed by atoms with Crippen molar-refractivity contribution in [3.8, 4) is 0 Å². The predicted octanol–water partition coefficient (Wildman–Crippen LogP) is 2.80. The lowest BCUT2D eigenvalue weighted by atomic mass is 10.3. The summed E-state index contributed by atoms with van der Waals surface area (Å²) < 4.78 is 37.8. The van der Waals surface area contributed by atoms with Crippen molar-refractivity contribution in [1.82, 2.24) is 0 Å². The molecule has 2 heterocycles. The minimum Gasteiger partial charge on any atom is -0.467 e. The largest absolute Gasteiger partial charge is 0.467 e.